The lowest BCUT2D eigenvalue weighted by Crippen LogP contribution is -2.36. The molecule has 0 saturated heterocycles. The Hall–Kier alpha value is 0.0249. The fourth-order valence-electron chi connectivity index (χ4n) is 1.02. The molecule has 0 atom stereocenters. The van der Waals surface area contributed by atoms with Crippen LogP contribution in [0.1, 0.15) is 33.6 Å². The maximum atomic E-state index is 3.48. The summed E-state index contributed by atoms with van der Waals surface area (Å²) in [6, 6.07) is 0. The molecule has 0 fully saturated rings. The van der Waals surface area contributed by atoms with Crippen LogP contribution in [-0.2, 0) is 0 Å². The van der Waals surface area contributed by atoms with Crippen LogP contribution in [0.3, 0.4) is 0 Å². The Kier molecular flexibility index (Phi) is 5.66. The van der Waals surface area contributed by atoms with Crippen molar-refractivity contribution in [1.82, 2.24) is 5.32 Å². The molecular weight excluding hydrogens is 133 g/mol. The SMILES string of the molecule is CBCCCCNC(C)(C)C. The van der Waals surface area contributed by atoms with Crippen LogP contribution in [0.4, 0.5) is 0 Å². The first-order valence-electron chi connectivity index (χ1n) is 4.81. The molecule has 0 spiro atoms. The maximum absolute atomic E-state index is 3.48. The van der Waals surface area contributed by atoms with Crippen LogP contribution in [-0.4, -0.2) is 19.4 Å². The van der Waals surface area contributed by atoms with Crippen LogP contribution in [0, 0.1) is 0 Å². The molecule has 0 aliphatic heterocycles. The van der Waals surface area contributed by atoms with Gasteiger partial charge in [-0.15, -0.1) is 0 Å². The molecule has 0 bridgehead atoms. The lowest BCUT2D eigenvalue weighted by molar-refractivity contribution is 0.421. The summed E-state index contributed by atoms with van der Waals surface area (Å²) in [4.78, 5) is 0. The summed E-state index contributed by atoms with van der Waals surface area (Å²) in [6.07, 6.45) is 4.08. The summed E-state index contributed by atoms with van der Waals surface area (Å²) in [5.74, 6) is 0. The highest BCUT2D eigenvalue weighted by atomic mass is 14.9. The zero-order valence-corrected chi connectivity index (χ0v) is 8.54. The molecular formula is C9H22BN. The number of unbranched alkanes of at least 4 members (excludes halogenated alkanes) is 1. The van der Waals surface area contributed by atoms with Gasteiger partial charge in [-0.1, -0.05) is 19.6 Å². The molecule has 0 aromatic heterocycles. The smallest absolute Gasteiger partial charge is 0.117 e. The Morgan fingerprint density at radius 1 is 1.18 bits per heavy atom. The van der Waals surface area contributed by atoms with Gasteiger partial charge in [0, 0.05) is 5.54 Å². The first-order valence-corrected chi connectivity index (χ1v) is 4.81. The summed E-state index contributed by atoms with van der Waals surface area (Å²) in [7, 11) is 1.33. The summed E-state index contributed by atoms with van der Waals surface area (Å²) in [5, 5.41) is 3.48. The lowest BCUT2D eigenvalue weighted by Gasteiger charge is -2.20. The van der Waals surface area contributed by atoms with E-state index in [1.165, 1.54) is 33.0 Å². The Morgan fingerprint density at radius 2 is 1.82 bits per heavy atom. The van der Waals surface area contributed by atoms with Gasteiger partial charge in [-0.2, -0.15) is 0 Å². The first kappa shape index (κ1) is 11.0. The largest absolute Gasteiger partial charge is 0.312 e. The normalized spacial score (nSPS) is 11.6. The zero-order chi connectivity index (χ0) is 8.74. The third-order valence-electron chi connectivity index (χ3n) is 1.69. The van der Waals surface area contributed by atoms with Crippen molar-refractivity contribution in [2.24, 2.45) is 0 Å². The van der Waals surface area contributed by atoms with Crippen molar-refractivity contribution in [3.63, 3.8) is 0 Å². The van der Waals surface area contributed by atoms with E-state index in [2.05, 4.69) is 32.9 Å². The van der Waals surface area contributed by atoms with Gasteiger partial charge in [0.1, 0.15) is 7.28 Å². The minimum absolute atomic E-state index is 0.298. The summed E-state index contributed by atoms with van der Waals surface area (Å²) < 4.78 is 0. The van der Waals surface area contributed by atoms with E-state index >= 15 is 0 Å². The molecule has 0 aromatic carbocycles. The number of rotatable bonds is 5. The Labute approximate surface area is 72.2 Å². The summed E-state index contributed by atoms with van der Waals surface area (Å²) in [6.45, 7) is 10.1. The van der Waals surface area contributed by atoms with E-state index in [4.69, 9.17) is 0 Å². The van der Waals surface area contributed by atoms with E-state index in [9.17, 15) is 0 Å². The molecule has 0 aromatic rings. The first-order chi connectivity index (χ1) is 5.06. The maximum Gasteiger partial charge on any atom is 0.117 e. The van der Waals surface area contributed by atoms with Crippen molar-refractivity contribution in [2.45, 2.75) is 52.3 Å². The van der Waals surface area contributed by atoms with E-state index < -0.39 is 0 Å². The number of hydrogen-bond donors (Lipinski definition) is 1. The quantitative estimate of drug-likeness (QED) is 0.473. The average molecular weight is 155 g/mol. The van der Waals surface area contributed by atoms with Crippen molar-refractivity contribution < 1.29 is 0 Å². The molecule has 0 rings (SSSR count). The highest BCUT2D eigenvalue weighted by Crippen LogP contribution is 2.00. The fourth-order valence-corrected chi connectivity index (χ4v) is 1.02. The molecule has 2 heteroatoms. The van der Waals surface area contributed by atoms with Crippen molar-refractivity contribution >= 4 is 7.28 Å². The lowest BCUT2D eigenvalue weighted by atomic mass is 9.76. The van der Waals surface area contributed by atoms with Crippen LogP contribution in [0.25, 0.3) is 0 Å². The molecule has 0 saturated carbocycles. The summed E-state index contributed by atoms with van der Waals surface area (Å²) in [5.41, 5.74) is 0.298. The van der Waals surface area contributed by atoms with Gasteiger partial charge in [-0.3, -0.25) is 0 Å². The topological polar surface area (TPSA) is 12.0 Å². The second-order valence-electron chi connectivity index (χ2n) is 4.24. The zero-order valence-electron chi connectivity index (χ0n) is 8.54. The predicted molar refractivity (Wildman–Crippen MR) is 54.8 cm³/mol. The van der Waals surface area contributed by atoms with Crippen LogP contribution in [0.2, 0.25) is 13.1 Å². The van der Waals surface area contributed by atoms with Crippen molar-refractivity contribution in [3.8, 4) is 0 Å². The second-order valence-corrected chi connectivity index (χ2v) is 4.24. The van der Waals surface area contributed by atoms with Crippen LogP contribution < -0.4 is 5.32 Å². The molecule has 66 valence electrons. The third kappa shape index (κ3) is 10.0. The number of hydrogen-bond acceptors (Lipinski definition) is 1. The standard InChI is InChI=1S/C9H22BN/c1-9(2,3)11-8-6-5-7-10-4/h10-11H,5-8H2,1-4H3. The molecule has 0 heterocycles. The van der Waals surface area contributed by atoms with Gasteiger partial charge in [0.25, 0.3) is 0 Å². The Morgan fingerprint density at radius 3 is 2.27 bits per heavy atom. The molecule has 0 amide bonds. The highest BCUT2D eigenvalue weighted by Gasteiger charge is 2.06. The van der Waals surface area contributed by atoms with Crippen LogP contribution >= 0.6 is 0 Å². The van der Waals surface area contributed by atoms with Gasteiger partial charge in [-0.25, -0.2) is 0 Å². The Balaban J connectivity index is 3.02. The van der Waals surface area contributed by atoms with E-state index in [1.807, 2.05) is 0 Å². The van der Waals surface area contributed by atoms with Gasteiger partial charge in [0.15, 0.2) is 0 Å². The molecule has 0 unspecified atom stereocenters. The molecule has 11 heavy (non-hydrogen) atoms. The monoisotopic (exact) mass is 155 g/mol. The molecule has 0 aliphatic rings. The summed E-state index contributed by atoms with van der Waals surface area (Å²) >= 11 is 0. The highest BCUT2D eigenvalue weighted by molar-refractivity contribution is 6.33. The second kappa shape index (κ2) is 5.65. The van der Waals surface area contributed by atoms with Crippen molar-refractivity contribution in [3.05, 3.63) is 0 Å². The fraction of sp³-hybridized carbons (Fsp3) is 1.00. The predicted octanol–water partition coefficient (Wildman–Crippen LogP) is 2.06. The minimum atomic E-state index is 0.298. The van der Waals surface area contributed by atoms with Gasteiger partial charge in [0.2, 0.25) is 0 Å². The van der Waals surface area contributed by atoms with Gasteiger partial charge in [-0.05, 0) is 33.7 Å². The Bertz CT molecular complexity index is 86.1. The minimum Gasteiger partial charge on any atom is -0.312 e. The van der Waals surface area contributed by atoms with E-state index in [0.29, 0.717) is 5.54 Å². The third-order valence-corrected chi connectivity index (χ3v) is 1.69. The van der Waals surface area contributed by atoms with E-state index in [0.717, 1.165) is 0 Å². The van der Waals surface area contributed by atoms with Crippen molar-refractivity contribution in [1.29, 1.82) is 0 Å². The van der Waals surface area contributed by atoms with Gasteiger partial charge < -0.3 is 5.32 Å². The van der Waals surface area contributed by atoms with E-state index in [-0.39, 0.29) is 0 Å². The van der Waals surface area contributed by atoms with Gasteiger partial charge in [0.05, 0.1) is 0 Å². The van der Waals surface area contributed by atoms with Crippen molar-refractivity contribution in [2.75, 3.05) is 6.54 Å². The molecule has 0 radical (unpaired) electrons. The number of nitrogens with one attached hydrogen (secondary N) is 1. The average Bonchev–Trinajstić information content (AvgIpc) is 1.85. The molecule has 0 aliphatic carbocycles. The van der Waals surface area contributed by atoms with Crippen LogP contribution in [0.5, 0.6) is 0 Å². The van der Waals surface area contributed by atoms with Crippen LogP contribution in [0.15, 0.2) is 0 Å². The molecule has 1 N–H and O–H groups in total. The van der Waals surface area contributed by atoms with E-state index in [1.54, 1.807) is 0 Å². The molecule has 1 nitrogen and oxygen atoms in total. The van der Waals surface area contributed by atoms with Gasteiger partial charge >= 0.3 is 0 Å².